The number of rotatable bonds is 6. The lowest BCUT2D eigenvalue weighted by Gasteiger charge is -2.39. The van der Waals surface area contributed by atoms with Crippen molar-refractivity contribution in [3.05, 3.63) is 51.5 Å². The van der Waals surface area contributed by atoms with E-state index < -0.39 is 11.6 Å². The van der Waals surface area contributed by atoms with Crippen molar-refractivity contribution in [2.24, 2.45) is 5.73 Å². The zero-order valence-corrected chi connectivity index (χ0v) is 16.1. The zero-order chi connectivity index (χ0) is 19.4. The van der Waals surface area contributed by atoms with E-state index in [0.717, 1.165) is 11.1 Å². The third kappa shape index (κ3) is 4.51. The molecule has 1 aliphatic heterocycles. The van der Waals surface area contributed by atoms with Crippen molar-refractivity contribution >= 4 is 17.2 Å². The quantitative estimate of drug-likeness (QED) is 0.818. The molecule has 1 aromatic carbocycles. The summed E-state index contributed by atoms with van der Waals surface area (Å²) >= 11 is 1.45. The van der Waals surface area contributed by atoms with E-state index in [1.165, 1.54) is 23.5 Å². The second kappa shape index (κ2) is 8.86. The van der Waals surface area contributed by atoms with Gasteiger partial charge in [-0.1, -0.05) is 13.0 Å². The lowest BCUT2D eigenvalue weighted by atomic mass is 10.0. The van der Waals surface area contributed by atoms with E-state index in [1.807, 2.05) is 6.92 Å². The number of nitrogens with two attached hydrogens (primary N) is 1. The van der Waals surface area contributed by atoms with E-state index >= 15 is 0 Å². The monoisotopic (exact) mass is 394 g/mol. The summed E-state index contributed by atoms with van der Waals surface area (Å²) in [6.45, 7) is 4.89. The molecular weight excluding hydrogens is 370 g/mol. The highest BCUT2D eigenvalue weighted by atomic mass is 32.1. The van der Waals surface area contributed by atoms with Gasteiger partial charge in [-0.25, -0.2) is 13.8 Å². The van der Waals surface area contributed by atoms with Gasteiger partial charge in [0.15, 0.2) is 0 Å². The summed E-state index contributed by atoms with van der Waals surface area (Å²) in [5.74, 6) is -1.16. The predicted molar refractivity (Wildman–Crippen MR) is 102 cm³/mol. The molecule has 146 valence electrons. The lowest BCUT2D eigenvalue weighted by Crippen LogP contribution is -2.49. The van der Waals surface area contributed by atoms with E-state index in [4.69, 9.17) is 5.73 Å². The van der Waals surface area contributed by atoms with Crippen LogP contribution in [0.3, 0.4) is 0 Å². The van der Waals surface area contributed by atoms with Crippen LogP contribution in [0.4, 0.5) is 8.78 Å². The van der Waals surface area contributed by atoms with Crippen LogP contribution in [0.5, 0.6) is 0 Å². The Kier molecular flexibility index (Phi) is 6.51. The smallest absolute Gasteiger partial charge is 0.273 e. The standard InChI is InChI=1S/C19H24F2N4OS/c1-2-17(14-4-3-13(20)11-15(14)21)24-7-9-25(10-8-24)19(26)16-12-27-18(23-16)5-6-22/h3-4,11-12,17H,2,5-10,22H2,1H3. The molecule has 0 spiro atoms. The summed E-state index contributed by atoms with van der Waals surface area (Å²) < 4.78 is 27.4. The molecule has 5 nitrogen and oxygen atoms in total. The highest BCUT2D eigenvalue weighted by Crippen LogP contribution is 2.28. The first-order valence-corrected chi connectivity index (χ1v) is 10.0. The number of piperazine rings is 1. The molecule has 0 radical (unpaired) electrons. The highest BCUT2D eigenvalue weighted by molar-refractivity contribution is 7.09. The van der Waals surface area contributed by atoms with Crippen molar-refractivity contribution < 1.29 is 13.6 Å². The highest BCUT2D eigenvalue weighted by Gasteiger charge is 2.28. The average Bonchev–Trinajstić information content (AvgIpc) is 3.13. The fourth-order valence-electron chi connectivity index (χ4n) is 3.49. The minimum atomic E-state index is -0.571. The van der Waals surface area contributed by atoms with Crippen LogP contribution in [-0.2, 0) is 6.42 Å². The summed E-state index contributed by atoms with van der Waals surface area (Å²) in [4.78, 5) is 20.9. The van der Waals surface area contributed by atoms with Crippen LogP contribution in [0.1, 0.15) is 40.4 Å². The molecule has 1 saturated heterocycles. The number of halogens is 2. The summed E-state index contributed by atoms with van der Waals surface area (Å²) in [5.41, 5.74) is 6.50. The molecule has 1 aromatic heterocycles. The number of amides is 1. The van der Waals surface area contributed by atoms with Crippen molar-refractivity contribution in [3.63, 3.8) is 0 Å². The van der Waals surface area contributed by atoms with Crippen molar-refractivity contribution in [3.8, 4) is 0 Å². The lowest BCUT2D eigenvalue weighted by molar-refractivity contribution is 0.0554. The van der Waals surface area contributed by atoms with Crippen molar-refractivity contribution in [2.45, 2.75) is 25.8 Å². The first-order chi connectivity index (χ1) is 13.0. The number of thiazole rings is 1. The van der Waals surface area contributed by atoms with Gasteiger partial charge < -0.3 is 10.6 Å². The fraction of sp³-hybridized carbons (Fsp3) is 0.474. The maximum Gasteiger partial charge on any atom is 0.273 e. The van der Waals surface area contributed by atoms with E-state index in [2.05, 4.69) is 9.88 Å². The van der Waals surface area contributed by atoms with Crippen molar-refractivity contribution in [1.82, 2.24) is 14.8 Å². The Morgan fingerprint density at radius 3 is 2.67 bits per heavy atom. The molecule has 0 aliphatic carbocycles. The molecule has 27 heavy (non-hydrogen) atoms. The molecule has 1 amide bonds. The van der Waals surface area contributed by atoms with Gasteiger partial charge >= 0.3 is 0 Å². The number of aromatic nitrogens is 1. The Bertz CT molecular complexity index is 790. The summed E-state index contributed by atoms with van der Waals surface area (Å²) in [6.07, 6.45) is 1.39. The summed E-state index contributed by atoms with van der Waals surface area (Å²) in [6, 6.07) is 3.62. The minimum Gasteiger partial charge on any atom is -0.335 e. The normalized spacial score (nSPS) is 16.5. The Morgan fingerprint density at radius 2 is 2.04 bits per heavy atom. The summed E-state index contributed by atoms with van der Waals surface area (Å²) in [7, 11) is 0. The van der Waals surface area contributed by atoms with Crippen LogP contribution in [0.15, 0.2) is 23.6 Å². The average molecular weight is 394 g/mol. The van der Waals surface area contributed by atoms with Crippen molar-refractivity contribution in [2.75, 3.05) is 32.7 Å². The van der Waals surface area contributed by atoms with Gasteiger partial charge in [0.2, 0.25) is 0 Å². The first-order valence-electron chi connectivity index (χ1n) is 9.16. The number of carbonyl (C=O) groups is 1. The maximum atomic E-state index is 14.2. The van der Waals surface area contributed by atoms with Gasteiger partial charge in [0.05, 0.1) is 5.01 Å². The van der Waals surface area contributed by atoms with Crippen LogP contribution >= 0.6 is 11.3 Å². The maximum absolute atomic E-state index is 14.2. The summed E-state index contributed by atoms with van der Waals surface area (Å²) in [5, 5.41) is 2.65. The largest absolute Gasteiger partial charge is 0.335 e. The van der Waals surface area contributed by atoms with Crippen LogP contribution in [-0.4, -0.2) is 53.4 Å². The molecule has 0 saturated carbocycles. The Balaban J connectivity index is 1.63. The first kappa shape index (κ1) is 19.9. The second-order valence-corrected chi connectivity index (χ2v) is 7.53. The number of hydrogen-bond donors (Lipinski definition) is 1. The van der Waals surface area contributed by atoms with Crippen LogP contribution in [0.25, 0.3) is 0 Å². The number of nitrogens with zero attached hydrogens (tertiary/aromatic N) is 3. The van der Waals surface area contributed by atoms with Gasteiger partial charge in [0.25, 0.3) is 5.91 Å². The molecule has 2 N–H and O–H groups in total. The molecule has 1 unspecified atom stereocenters. The van der Waals surface area contributed by atoms with Crippen molar-refractivity contribution in [1.29, 1.82) is 0 Å². The molecule has 8 heteroatoms. The van der Waals surface area contributed by atoms with Gasteiger partial charge in [-0.15, -0.1) is 11.3 Å². The Hall–Kier alpha value is -1.90. The number of hydrogen-bond acceptors (Lipinski definition) is 5. The van der Waals surface area contributed by atoms with Gasteiger partial charge in [0, 0.05) is 55.7 Å². The van der Waals surface area contributed by atoms with Gasteiger partial charge in [-0.2, -0.15) is 0 Å². The predicted octanol–water partition coefficient (Wildman–Crippen LogP) is 2.83. The minimum absolute atomic E-state index is 0.0739. The number of benzene rings is 1. The second-order valence-electron chi connectivity index (χ2n) is 6.58. The van der Waals surface area contributed by atoms with Crippen LogP contribution in [0.2, 0.25) is 0 Å². The van der Waals surface area contributed by atoms with Crippen LogP contribution in [0, 0.1) is 11.6 Å². The van der Waals surface area contributed by atoms with E-state index in [9.17, 15) is 13.6 Å². The molecule has 1 fully saturated rings. The van der Waals surface area contributed by atoms with Gasteiger partial charge in [0.1, 0.15) is 17.3 Å². The molecule has 2 heterocycles. The van der Waals surface area contributed by atoms with E-state index in [-0.39, 0.29) is 11.9 Å². The third-order valence-corrected chi connectivity index (χ3v) is 5.79. The molecule has 2 aromatic rings. The van der Waals surface area contributed by atoms with Gasteiger partial charge in [-0.3, -0.25) is 9.69 Å². The van der Waals surface area contributed by atoms with Crippen LogP contribution < -0.4 is 5.73 Å². The van der Waals surface area contributed by atoms with E-state index in [0.29, 0.717) is 56.8 Å². The zero-order valence-electron chi connectivity index (χ0n) is 15.3. The molecular formula is C19H24F2N4OS. The molecule has 1 atom stereocenters. The Labute approximate surface area is 161 Å². The SMILES string of the molecule is CCC(c1ccc(F)cc1F)N1CCN(C(=O)c2csc(CCN)n2)CC1. The number of carbonyl (C=O) groups excluding carboxylic acids is 1. The molecule has 0 bridgehead atoms. The molecule has 3 rings (SSSR count). The topological polar surface area (TPSA) is 62.5 Å². The third-order valence-electron chi connectivity index (χ3n) is 4.88. The molecule has 1 aliphatic rings. The Morgan fingerprint density at radius 1 is 1.30 bits per heavy atom. The fourth-order valence-corrected chi connectivity index (χ4v) is 4.28. The van der Waals surface area contributed by atoms with Gasteiger partial charge in [-0.05, 0) is 19.0 Å². The van der Waals surface area contributed by atoms with E-state index in [1.54, 1.807) is 10.3 Å².